The summed E-state index contributed by atoms with van der Waals surface area (Å²) in [6.45, 7) is 0.481. The van der Waals surface area contributed by atoms with Crippen molar-refractivity contribution in [1.29, 1.82) is 0 Å². The SMILES string of the molecule is FC(F)(F)CCSC1=Nc2c(ncn2C2CC2)CN1c1ccc(Cl)cc1. The molecule has 1 aromatic carbocycles. The van der Waals surface area contributed by atoms with Gasteiger partial charge in [-0.3, -0.25) is 0 Å². The second-order valence-corrected chi connectivity index (χ2v) is 7.82. The fourth-order valence-corrected chi connectivity index (χ4v) is 3.93. The normalized spacial score (nSPS) is 17.2. The standard InChI is InChI=1S/C17H16ClF3N4S/c18-11-1-3-12(4-2-11)24-9-14-15(25(10-22-14)13-5-6-13)23-16(24)26-8-7-17(19,20)21/h1-4,10,13H,5-9H2. The predicted octanol–water partition coefficient (Wildman–Crippen LogP) is 5.56. The van der Waals surface area contributed by atoms with Gasteiger partial charge in [0.25, 0.3) is 0 Å². The van der Waals surface area contributed by atoms with Gasteiger partial charge in [-0.2, -0.15) is 13.2 Å². The molecule has 138 valence electrons. The lowest BCUT2D eigenvalue weighted by Gasteiger charge is -2.28. The van der Waals surface area contributed by atoms with Crippen molar-refractivity contribution in [2.24, 2.45) is 4.99 Å². The van der Waals surface area contributed by atoms with E-state index in [2.05, 4.69) is 9.98 Å². The zero-order chi connectivity index (χ0) is 18.3. The van der Waals surface area contributed by atoms with Crippen LogP contribution in [0.4, 0.5) is 24.7 Å². The molecule has 2 aromatic rings. The third-order valence-electron chi connectivity index (χ3n) is 4.28. The lowest BCUT2D eigenvalue weighted by molar-refractivity contribution is -0.129. The van der Waals surface area contributed by atoms with Gasteiger partial charge in [0.05, 0.1) is 19.3 Å². The van der Waals surface area contributed by atoms with Crippen LogP contribution in [0, 0.1) is 0 Å². The number of nitrogens with zero attached hydrogens (tertiary/aromatic N) is 4. The fourth-order valence-electron chi connectivity index (χ4n) is 2.81. The molecule has 2 heterocycles. The minimum atomic E-state index is -4.17. The third kappa shape index (κ3) is 3.86. The van der Waals surface area contributed by atoms with Gasteiger partial charge >= 0.3 is 6.18 Å². The van der Waals surface area contributed by atoms with Crippen LogP contribution in [0.25, 0.3) is 0 Å². The lowest BCUT2D eigenvalue weighted by Crippen LogP contribution is -2.31. The molecule has 26 heavy (non-hydrogen) atoms. The Labute approximate surface area is 158 Å². The van der Waals surface area contributed by atoms with E-state index in [1.54, 1.807) is 18.5 Å². The molecule has 0 saturated heterocycles. The molecule has 0 N–H and O–H groups in total. The molecule has 1 saturated carbocycles. The smallest absolute Gasteiger partial charge is 0.315 e. The minimum absolute atomic E-state index is 0.0701. The zero-order valence-corrected chi connectivity index (χ0v) is 15.3. The Hall–Kier alpha value is -1.67. The van der Waals surface area contributed by atoms with Crippen LogP contribution in [0.2, 0.25) is 5.02 Å². The quantitative estimate of drug-likeness (QED) is 0.673. The molecule has 1 aliphatic carbocycles. The average molecular weight is 401 g/mol. The first-order valence-corrected chi connectivity index (χ1v) is 9.64. The Morgan fingerprint density at radius 2 is 1.92 bits per heavy atom. The molecule has 1 aliphatic heterocycles. The Bertz CT molecular complexity index is 828. The van der Waals surface area contributed by atoms with E-state index in [0.717, 1.165) is 41.8 Å². The average Bonchev–Trinajstić information content (AvgIpc) is 3.34. The first-order chi connectivity index (χ1) is 12.4. The van der Waals surface area contributed by atoms with Crippen LogP contribution in [-0.4, -0.2) is 26.6 Å². The molecular formula is C17H16ClF3N4S. The van der Waals surface area contributed by atoms with Gasteiger partial charge in [-0.05, 0) is 37.1 Å². The van der Waals surface area contributed by atoms with Crippen LogP contribution >= 0.6 is 23.4 Å². The van der Waals surface area contributed by atoms with E-state index in [-0.39, 0.29) is 5.75 Å². The maximum absolute atomic E-state index is 12.5. The number of aromatic nitrogens is 2. The van der Waals surface area contributed by atoms with Gasteiger partial charge in [0.2, 0.25) is 0 Å². The van der Waals surface area contributed by atoms with E-state index in [4.69, 9.17) is 11.6 Å². The Balaban J connectivity index is 1.63. The molecule has 0 spiro atoms. The van der Waals surface area contributed by atoms with E-state index in [1.807, 2.05) is 21.6 Å². The van der Waals surface area contributed by atoms with E-state index in [9.17, 15) is 13.2 Å². The van der Waals surface area contributed by atoms with E-state index < -0.39 is 12.6 Å². The number of aliphatic imine (C=N–C) groups is 1. The molecule has 0 radical (unpaired) electrons. The first kappa shape index (κ1) is 17.7. The molecule has 2 aliphatic rings. The molecule has 0 atom stereocenters. The number of imidazole rings is 1. The summed E-state index contributed by atoms with van der Waals surface area (Å²) in [6, 6.07) is 7.61. The number of halogens is 4. The highest BCUT2D eigenvalue weighted by atomic mass is 35.5. The van der Waals surface area contributed by atoms with Crippen LogP contribution in [0.3, 0.4) is 0 Å². The maximum Gasteiger partial charge on any atom is 0.389 e. The molecule has 4 nitrogen and oxygen atoms in total. The van der Waals surface area contributed by atoms with Gasteiger partial charge in [0, 0.05) is 22.5 Å². The zero-order valence-electron chi connectivity index (χ0n) is 13.7. The number of hydrogen-bond donors (Lipinski definition) is 0. The largest absolute Gasteiger partial charge is 0.389 e. The number of rotatable bonds is 4. The predicted molar refractivity (Wildman–Crippen MR) is 98.4 cm³/mol. The van der Waals surface area contributed by atoms with Crippen molar-refractivity contribution in [2.75, 3.05) is 10.7 Å². The monoisotopic (exact) mass is 400 g/mol. The highest BCUT2D eigenvalue weighted by molar-refractivity contribution is 8.14. The van der Waals surface area contributed by atoms with Gasteiger partial charge < -0.3 is 9.47 Å². The number of thioether (sulfide) groups is 1. The summed E-state index contributed by atoms with van der Waals surface area (Å²) >= 11 is 7.07. The van der Waals surface area contributed by atoms with E-state index >= 15 is 0 Å². The van der Waals surface area contributed by atoms with Crippen molar-refractivity contribution in [3.8, 4) is 0 Å². The summed E-state index contributed by atoms with van der Waals surface area (Å²) in [5.41, 5.74) is 1.67. The third-order valence-corrected chi connectivity index (χ3v) is 5.51. The van der Waals surface area contributed by atoms with Crippen LogP contribution in [-0.2, 0) is 6.54 Å². The topological polar surface area (TPSA) is 33.4 Å². The molecule has 9 heteroatoms. The number of fused-ring (bicyclic) bond motifs is 1. The molecule has 0 unspecified atom stereocenters. The van der Waals surface area contributed by atoms with Crippen LogP contribution in [0.15, 0.2) is 35.6 Å². The van der Waals surface area contributed by atoms with Gasteiger partial charge in [0.1, 0.15) is 5.69 Å². The van der Waals surface area contributed by atoms with Gasteiger partial charge in [-0.1, -0.05) is 23.4 Å². The van der Waals surface area contributed by atoms with Crippen LogP contribution in [0.1, 0.15) is 31.0 Å². The molecule has 0 bridgehead atoms. The minimum Gasteiger partial charge on any atom is -0.315 e. The van der Waals surface area contributed by atoms with E-state index in [0.29, 0.717) is 22.8 Å². The van der Waals surface area contributed by atoms with Gasteiger partial charge in [-0.25, -0.2) is 9.98 Å². The lowest BCUT2D eigenvalue weighted by atomic mass is 10.2. The Kier molecular flexibility index (Phi) is 4.64. The summed E-state index contributed by atoms with van der Waals surface area (Å²) in [4.78, 5) is 11.0. The number of amidine groups is 1. The van der Waals surface area contributed by atoms with Crippen molar-refractivity contribution in [1.82, 2.24) is 9.55 Å². The summed E-state index contributed by atoms with van der Waals surface area (Å²) in [7, 11) is 0. The number of alkyl halides is 3. The second kappa shape index (κ2) is 6.81. The molecule has 1 aromatic heterocycles. The molecule has 1 fully saturated rings. The molecule has 0 amide bonds. The maximum atomic E-state index is 12.5. The van der Waals surface area contributed by atoms with Crippen molar-refractivity contribution >= 4 is 40.0 Å². The highest BCUT2D eigenvalue weighted by Crippen LogP contribution is 2.41. The van der Waals surface area contributed by atoms with Gasteiger partial charge in [-0.15, -0.1) is 0 Å². The highest BCUT2D eigenvalue weighted by Gasteiger charge is 2.32. The number of anilines is 1. The fraction of sp³-hybridized carbons (Fsp3) is 0.412. The van der Waals surface area contributed by atoms with Crippen molar-refractivity contribution in [2.45, 2.75) is 38.0 Å². The second-order valence-electron chi connectivity index (χ2n) is 6.32. The Morgan fingerprint density at radius 3 is 2.58 bits per heavy atom. The van der Waals surface area contributed by atoms with Crippen LogP contribution < -0.4 is 4.90 Å². The van der Waals surface area contributed by atoms with Crippen molar-refractivity contribution in [3.05, 3.63) is 41.3 Å². The summed E-state index contributed by atoms with van der Waals surface area (Å²) < 4.78 is 39.7. The Morgan fingerprint density at radius 1 is 1.19 bits per heavy atom. The molecular weight excluding hydrogens is 385 g/mol. The summed E-state index contributed by atoms with van der Waals surface area (Å²) in [5.74, 6) is 0.700. The molecule has 4 rings (SSSR count). The number of hydrogen-bond acceptors (Lipinski definition) is 4. The van der Waals surface area contributed by atoms with Crippen molar-refractivity contribution < 1.29 is 13.2 Å². The van der Waals surface area contributed by atoms with Crippen molar-refractivity contribution in [3.63, 3.8) is 0 Å². The van der Waals surface area contributed by atoms with E-state index in [1.165, 1.54) is 0 Å². The van der Waals surface area contributed by atoms with Crippen LogP contribution in [0.5, 0.6) is 0 Å². The van der Waals surface area contributed by atoms with Gasteiger partial charge in [0.15, 0.2) is 11.0 Å². The summed E-state index contributed by atoms with van der Waals surface area (Å²) in [5, 5.41) is 1.17. The number of benzene rings is 1. The summed E-state index contributed by atoms with van der Waals surface area (Å²) in [6.07, 6.45) is -1.05. The first-order valence-electron chi connectivity index (χ1n) is 8.28.